The Kier molecular flexibility index (Phi) is 3.99. The Bertz CT molecular complexity index is 862. The first-order valence-electron chi connectivity index (χ1n) is 8.35. The summed E-state index contributed by atoms with van der Waals surface area (Å²) in [5.74, 6) is -0.0256. The van der Waals surface area contributed by atoms with Crippen LogP contribution < -0.4 is 20.3 Å². The number of nitrogens with one attached hydrogen (secondary N) is 2. The van der Waals surface area contributed by atoms with E-state index in [1.54, 1.807) is 30.3 Å². The van der Waals surface area contributed by atoms with Gasteiger partial charge in [0.15, 0.2) is 11.5 Å². The summed E-state index contributed by atoms with van der Waals surface area (Å²) in [5, 5.41) is 0. The molecule has 26 heavy (non-hydrogen) atoms. The molecule has 0 saturated heterocycles. The highest BCUT2D eigenvalue weighted by molar-refractivity contribution is 5.98. The smallest absolute Gasteiger partial charge is 0.269 e. The second-order valence-electron chi connectivity index (χ2n) is 6.36. The van der Waals surface area contributed by atoms with Crippen molar-refractivity contribution in [3.8, 4) is 11.5 Å². The minimum Gasteiger partial charge on any atom is -0.486 e. The van der Waals surface area contributed by atoms with E-state index in [0.717, 1.165) is 5.56 Å². The van der Waals surface area contributed by atoms with E-state index in [0.29, 0.717) is 43.1 Å². The van der Waals surface area contributed by atoms with Gasteiger partial charge in [-0.05, 0) is 48.7 Å². The fourth-order valence-electron chi connectivity index (χ4n) is 3.03. The maximum Gasteiger partial charge on any atom is 0.269 e. The molecule has 2 aromatic carbocycles. The van der Waals surface area contributed by atoms with E-state index in [-0.39, 0.29) is 11.7 Å². The Morgan fingerprint density at radius 3 is 2.31 bits per heavy atom. The zero-order chi connectivity index (χ0) is 18.1. The van der Waals surface area contributed by atoms with Crippen LogP contribution in [0, 0.1) is 5.82 Å². The Morgan fingerprint density at radius 2 is 1.62 bits per heavy atom. The summed E-state index contributed by atoms with van der Waals surface area (Å²) in [5.41, 5.74) is 5.28. The molecule has 2 amide bonds. The summed E-state index contributed by atoms with van der Waals surface area (Å²) in [6, 6.07) is 10.7. The van der Waals surface area contributed by atoms with E-state index in [2.05, 4.69) is 10.9 Å². The highest BCUT2D eigenvalue weighted by atomic mass is 19.1. The highest BCUT2D eigenvalue weighted by Crippen LogP contribution is 2.48. The van der Waals surface area contributed by atoms with E-state index in [9.17, 15) is 14.0 Å². The van der Waals surface area contributed by atoms with Crippen LogP contribution in [0.15, 0.2) is 42.5 Å². The van der Waals surface area contributed by atoms with Crippen molar-refractivity contribution in [1.82, 2.24) is 10.9 Å². The standard InChI is InChI=1S/C19H17FN2O4/c20-14-4-2-13(3-5-14)19(7-8-19)18(24)22-21-17(23)12-1-6-15-16(11-12)26-10-9-25-15/h1-6,11H,7-10H2,(H,21,23)(H,22,24). The van der Waals surface area contributed by atoms with Crippen LogP contribution in [0.2, 0.25) is 0 Å². The van der Waals surface area contributed by atoms with Crippen molar-refractivity contribution in [2.45, 2.75) is 18.3 Å². The molecule has 1 saturated carbocycles. The van der Waals surface area contributed by atoms with Crippen LogP contribution in [0.3, 0.4) is 0 Å². The van der Waals surface area contributed by atoms with E-state index >= 15 is 0 Å². The van der Waals surface area contributed by atoms with Gasteiger partial charge in [0.05, 0.1) is 5.41 Å². The lowest BCUT2D eigenvalue weighted by Gasteiger charge is -2.19. The van der Waals surface area contributed by atoms with Gasteiger partial charge in [-0.15, -0.1) is 0 Å². The fraction of sp³-hybridized carbons (Fsp3) is 0.263. The molecule has 2 aliphatic rings. The normalized spacial score (nSPS) is 16.5. The van der Waals surface area contributed by atoms with E-state index in [4.69, 9.17) is 9.47 Å². The molecule has 2 N–H and O–H groups in total. The molecule has 0 spiro atoms. The Morgan fingerprint density at radius 1 is 0.923 bits per heavy atom. The molecule has 0 radical (unpaired) electrons. The largest absolute Gasteiger partial charge is 0.486 e. The SMILES string of the molecule is O=C(NNC(=O)C1(c2ccc(F)cc2)CC1)c1ccc2c(c1)OCCO2. The van der Waals surface area contributed by atoms with Crippen LogP contribution in [0.4, 0.5) is 4.39 Å². The maximum absolute atomic E-state index is 13.1. The average Bonchev–Trinajstić information content (AvgIpc) is 3.48. The van der Waals surface area contributed by atoms with Gasteiger partial charge in [-0.1, -0.05) is 12.1 Å². The Balaban J connectivity index is 1.41. The van der Waals surface area contributed by atoms with Crippen molar-refractivity contribution in [3.63, 3.8) is 0 Å². The lowest BCUT2D eigenvalue weighted by atomic mass is 9.95. The number of amides is 2. The molecule has 0 aromatic heterocycles. The molecule has 0 unspecified atom stereocenters. The molecule has 0 bridgehead atoms. The number of hydrogen-bond donors (Lipinski definition) is 2. The second-order valence-corrected chi connectivity index (χ2v) is 6.36. The number of ether oxygens (including phenoxy) is 2. The van der Waals surface area contributed by atoms with E-state index < -0.39 is 11.3 Å². The van der Waals surface area contributed by atoms with E-state index in [1.165, 1.54) is 12.1 Å². The van der Waals surface area contributed by atoms with Crippen molar-refractivity contribution in [3.05, 3.63) is 59.4 Å². The maximum atomic E-state index is 13.1. The van der Waals surface area contributed by atoms with Gasteiger partial charge in [0.25, 0.3) is 5.91 Å². The zero-order valence-corrected chi connectivity index (χ0v) is 13.9. The Labute approximate surface area is 149 Å². The van der Waals surface area contributed by atoms with Crippen LogP contribution in [0.5, 0.6) is 11.5 Å². The van der Waals surface area contributed by atoms with Gasteiger partial charge in [-0.3, -0.25) is 20.4 Å². The minimum atomic E-state index is -0.701. The molecule has 1 aliphatic carbocycles. The molecule has 6 nitrogen and oxygen atoms in total. The van der Waals surface area contributed by atoms with Crippen molar-refractivity contribution < 1.29 is 23.5 Å². The third kappa shape index (κ3) is 2.96. The lowest BCUT2D eigenvalue weighted by molar-refractivity contribution is -0.124. The zero-order valence-electron chi connectivity index (χ0n) is 13.9. The molecule has 1 aliphatic heterocycles. The highest BCUT2D eigenvalue weighted by Gasteiger charge is 2.51. The minimum absolute atomic E-state index is 0.310. The number of hydrogen-bond acceptors (Lipinski definition) is 4. The summed E-state index contributed by atoms with van der Waals surface area (Å²) in [6.45, 7) is 0.898. The molecule has 134 valence electrons. The molecule has 2 aromatic rings. The number of halogens is 1. The molecular formula is C19H17FN2O4. The number of hydrazine groups is 1. The number of benzene rings is 2. The molecule has 7 heteroatoms. The van der Waals surface area contributed by atoms with Gasteiger partial charge < -0.3 is 9.47 Å². The molecule has 1 fully saturated rings. The number of carbonyl (C=O) groups excluding carboxylic acids is 2. The second kappa shape index (κ2) is 6.33. The predicted octanol–water partition coefficient (Wildman–Crippen LogP) is 2.09. The van der Waals surface area contributed by atoms with Gasteiger partial charge in [-0.2, -0.15) is 0 Å². The predicted molar refractivity (Wildman–Crippen MR) is 90.4 cm³/mol. The van der Waals surface area contributed by atoms with Crippen molar-refractivity contribution in [1.29, 1.82) is 0 Å². The summed E-state index contributed by atoms with van der Waals surface area (Å²) in [6.07, 6.45) is 1.31. The summed E-state index contributed by atoms with van der Waals surface area (Å²) < 4.78 is 23.9. The first-order chi connectivity index (χ1) is 12.6. The molecular weight excluding hydrogens is 339 g/mol. The third-order valence-electron chi connectivity index (χ3n) is 4.68. The number of carbonyl (C=O) groups is 2. The molecule has 0 atom stereocenters. The topological polar surface area (TPSA) is 76.7 Å². The monoisotopic (exact) mass is 356 g/mol. The van der Waals surface area contributed by atoms with Gasteiger partial charge in [0.1, 0.15) is 19.0 Å². The number of fused-ring (bicyclic) bond motifs is 1. The Hall–Kier alpha value is -3.09. The van der Waals surface area contributed by atoms with Gasteiger partial charge >= 0.3 is 0 Å². The van der Waals surface area contributed by atoms with Gasteiger partial charge in [0.2, 0.25) is 5.91 Å². The third-order valence-corrected chi connectivity index (χ3v) is 4.68. The van der Waals surface area contributed by atoms with Crippen LogP contribution in [-0.2, 0) is 10.2 Å². The summed E-state index contributed by atoms with van der Waals surface area (Å²) in [7, 11) is 0. The first kappa shape index (κ1) is 16.4. The fourth-order valence-corrected chi connectivity index (χ4v) is 3.03. The molecule has 1 heterocycles. The van der Waals surface area contributed by atoms with Crippen molar-refractivity contribution in [2.75, 3.05) is 13.2 Å². The average molecular weight is 356 g/mol. The summed E-state index contributed by atoms with van der Waals surface area (Å²) in [4.78, 5) is 24.8. The van der Waals surface area contributed by atoms with Crippen LogP contribution in [0.1, 0.15) is 28.8 Å². The van der Waals surface area contributed by atoms with Crippen LogP contribution in [-0.4, -0.2) is 25.0 Å². The van der Waals surface area contributed by atoms with Crippen molar-refractivity contribution >= 4 is 11.8 Å². The summed E-state index contributed by atoms with van der Waals surface area (Å²) >= 11 is 0. The van der Waals surface area contributed by atoms with Gasteiger partial charge in [0, 0.05) is 5.56 Å². The molecule has 4 rings (SSSR count). The number of rotatable bonds is 3. The van der Waals surface area contributed by atoms with E-state index in [1.807, 2.05) is 0 Å². The van der Waals surface area contributed by atoms with Crippen molar-refractivity contribution in [2.24, 2.45) is 0 Å². The quantitative estimate of drug-likeness (QED) is 0.826. The first-order valence-corrected chi connectivity index (χ1v) is 8.35. The van der Waals surface area contributed by atoms with Crippen LogP contribution in [0.25, 0.3) is 0 Å². The lowest BCUT2D eigenvalue weighted by Crippen LogP contribution is -2.46. The van der Waals surface area contributed by atoms with Crippen LogP contribution >= 0.6 is 0 Å². The van der Waals surface area contributed by atoms with Gasteiger partial charge in [-0.25, -0.2) is 4.39 Å².